The second kappa shape index (κ2) is 6.99. The molecule has 138 valence electrons. The van der Waals surface area contributed by atoms with Crippen molar-refractivity contribution in [3.05, 3.63) is 48.5 Å². The van der Waals surface area contributed by atoms with Gasteiger partial charge in [0.1, 0.15) is 18.9 Å². The quantitative estimate of drug-likeness (QED) is 0.893. The first-order valence-corrected chi connectivity index (χ1v) is 8.48. The number of cyclic esters (lactones) is 1. The molecule has 0 radical (unpaired) electrons. The van der Waals surface area contributed by atoms with Gasteiger partial charge in [0.2, 0.25) is 5.91 Å². The fourth-order valence-electron chi connectivity index (χ4n) is 3.05. The highest BCUT2D eigenvalue weighted by Crippen LogP contribution is 2.31. The first kappa shape index (κ1) is 16.9. The summed E-state index contributed by atoms with van der Waals surface area (Å²) in [6.45, 7) is 0.579. The van der Waals surface area contributed by atoms with Crippen LogP contribution in [0, 0.1) is 0 Å². The molecule has 2 aliphatic heterocycles. The van der Waals surface area contributed by atoms with Crippen LogP contribution in [0.2, 0.25) is 0 Å². The molecule has 1 fully saturated rings. The molecule has 2 heterocycles. The molecule has 1 N–H and O–H groups in total. The van der Waals surface area contributed by atoms with Crippen molar-refractivity contribution in [3.63, 3.8) is 0 Å². The van der Waals surface area contributed by atoms with E-state index in [-0.39, 0.29) is 25.0 Å². The van der Waals surface area contributed by atoms with Crippen molar-refractivity contribution in [2.24, 2.45) is 0 Å². The molecule has 0 aliphatic carbocycles. The van der Waals surface area contributed by atoms with Gasteiger partial charge in [-0.3, -0.25) is 19.4 Å². The highest BCUT2D eigenvalue weighted by atomic mass is 16.6. The van der Waals surface area contributed by atoms with Gasteiger partial charge in [0.15, 0.2) is 6.61 Å². The molecule has 0 saturated carbocycles. The minimum Gasteiger partial charge on any atom is -0.482 e. The minimum atomic E-state index is -0.408. The fourth-order valence-corrected chi connectivity index (χ4v) is 3.05. The van der Waals surface area contributed by atoms with E-state index in [9.17, 15) is 14.4 Å². The SMILES string of the molecule is O=C(CN1C(=O)COc2ccccc21)Nc1cccc(N2CCOC2=O)c1. The molecule has 3 amide bonds. The number of nitrogens with one attached hydrogen (secondary N) is 1. The van der Waals surface area contributed by atoms with Crippen molar-refractivity contribution < 1.29 is 23.9 Å². The number of para-hydroxylation sites is 2. The van der Waals surface area contributed by atoms with E-state index < -0.39 is 6.09 Å². The third-order valence-corrected chi connectivity index (χ3v) is 4.31. The number of hydrogen-bond donors (Lipinski definition) is 1. The van der Waals surface area contributed by atoms with Crippen molar-refractivity contribution in [3.8, 4) is 5.75 Å². The first-order valence-electron chi connectivity index (χ1n) is 8.48. The van der Waals surface area contributed by atoms with Gasteiger partial charge in [0.25, 0.3) is 5.91 Å². The Morgan fingerprint density at radius 2 is 1.93 bits per heavy atom. The summed E-state index contributed by atoms with van der Waals surface area (Å²) in [6, 6.07) is 14.0. The normalized spacial score (nSPS) is 15.9. The fraction of sp³-hybridized carbons (Fsp3) is 0.211. The number of nitrogens with zero attached hydrogens (tertiary/aromatic N) is 2. The number of benzene rings is 2. The highest BCUT2D eigenvalue weighted by molar-refractivity contribution is 6.05. The Morgan fingerprint density at radius 3 is 2.74 bits per heavy atom. The Bertz CT molecular complexity index is 914. The van der Waals surface area contributed by atoms with Gasteiger partial charge in [0, 0.05) is 11.4 Å². The average Bonchev–Trinajstić information content (AvgIpc) is 3.10. The molecule has 0 bridgehead atoms. The Kier molecular flexibility index (Phi) is 4.37. The van der Waals surface area contributed by atoms with Crippen LogP contribution in [0.4, 0.5) is 21.9 Å². The Balaban J connectivity index is 1.47. The highest BCUT2D eigenvalue weighted by Gasteiger charge is 2.27. The summed E-state index contributed by atoms with van der Waals surface area (Å²) in [5, 5.41) is 2.77. The largest absolute Gasteiger partial charge is 0.482 e. The molecule has 8 nitrogen and oxygen atoms in total. The third kappa shape index (κ3) is 3.41. The molecule has 27 heavy (non-hydrogen) atoms. The summed E-state index contributed by atoms with van der Waals surface area (Å²) in [7, 11) is 0. The smallest absolute Gasteiger partial charge is 0.414 e. The van der Waals surface area contributed by atoms with Gasteiger partial charge in [-0.1, -0.05) is 18.2 Å². The lowest BCUT2D eigenvalue weighted by Crippen LogP contribution is -2.43. The van der Waals surface area contributed by atoms with Gasteiger partial charge in [-0.2, -0.15) is 0 Å². The first-order chi connectivity index (χ1) is 13.1. The van der Waals surface area contributed by atoms with Crippen LogP contribution < -0.4 is 19.9 Å². The van der Waals surface area contributed by atoms with Crippen LogP contribution in [0.15, 0.2) is 48.5 Å². The van der Waals surface area contributed by atoms with Crippen molar-refractivity contribution >= 4 is 35.0 Å². The van der Waals surface area contributed by atoms with E-state index in [1.807, 2.05) is 6.07 Å². The Labute approximate surface area is 155 Å². The molecule has 0 atom stereocenters. The predicted molar refractivity (Wildman–Crippen MR) is 98.1 cm³/mol. The van der Waals surface area contributed by atoms with Crippen molar-refractivity contribution in [1.82, 2.24) is 0 Å². The number of carbonyl (C=O) groups excluding carboxylic acids is 3. The van der Waals surface area contributed by atoms with Crippen molar-refractivity contribution in [2.75, 3.05) is 41.4 Å². The van der Waals surface area contributed by atoms with Crippen molar-refractivity contribution in [1.29, 1.82) is 0 Å². The van der Waals surface area contributed by atoms with Gasteiger partial charge in [-0.15, -0.1) is 0 Å². The maximum atomic E-state index is 12.5. The van der Waals surface area contributed by atoms with Crippen LogP contribution in [0.3, 0.4) is 0 Å². The Hall–Kier alpha value is -3.55. The molecule has 8 heteroatoms. The third-order valence-electron chi connectivity index (χ3n) is 4.31. The molecular weight excluding hydrogens is 350 g/mol. The minimum absolute atomic E-state index is 0.100. The molecule has 2 aliphatic rings. The second-order valence-electron chi connectivity index (χ2n) is 6.10. The maximum Gasteiger partial charge on any atom is 0.414 e. The zero-order valence-electron chi connectivity index (χ0n) is 14.4. The number of amides is 3. The summed E-state index contributed by atoms with van der Waals surface area (Å²) in [5.74, 6) is -0.0574. The van der Waals surface area contributed by atoms with E-state index in [1.165, 1.54) is 9.80 Å². The van der Waals surface area contributed by atoms with Crippen LogP contribution in [0.25, 0.3) is 0 Å². The van der Waals surface area contributed by atoms with Crippen LogP contribution in [0.1, 0.15) is 0 Å². The number of ether oxygens (including phenoxy) is 2. The summed E-state index contributed by atoms with van der Waals surface area (Å²) in [5.41, 5.74) is 1.74. The molecule has 0 aromatic heterocycles. The average molecular weight is 367 g/mol. The number of fused-ring (bicyclic) bond motifs is 1. The number of anilines is 3. The lowest BCUT2D eigenvalue weighted by atomic mass is 10.2. The monoisotopic (exact) mass is 367 g/mol. The summed E-state index contributed by atoms with van der Waals surface area (Å²) >= 11 is 0. The lowest BCUT2D eigenvalue weighted by Gasteiger charge is -2.28. The standard InChI is InChI=1S/C19H17N3O5/c23-17(11-22-15-6-1-2-7-16(15)27-12-18(22)24)20-13-4-3-5-14(10-13)21-8-9-26-19(21)25/h1-7,10H,8-9,11-12H2,(H,20,23). The van der Waals surface area contributed by atoms with Gasteiger partial charge < -0.3 is 14.8 Å². The molecule has 1 saturated heterocycles. The van der Waals surface area contributed by atoms with E-state index in [2.05, 4.69) is 5.32 Å². The number of carbonyl (C=O) groups is 3. The van der Waals surface area contributed by atoms with Crippen molar-refractivity contribution in [2.45, 2.75) is 0 Å². The van der Waals surface area contributed by atoms with Gasteiger partial charge in [-0.25, -0.2) is 4.79 Å². The number of hydrogen-bond acceptors (Lipinski definition) is 5. The maximum absolute atomic E-state index is 12.5. The van der Waals surface area contributed by atoms with Gasteiger partial charge in [-0.05, 0) is 30.3 Å². The summed E-state index contributed by atoms with van der Waals surface area (Å²) in [4.78, 5) is 39.2. The summed E-state index contributed by atoms with van der Waals surface area (Å²) < 4.78 is 10.3. The molecule has 2 aromatic carbocycles. The van der Waals surface area contributed by atoms with E-state index in [1.54, 1.807) is 42.5 Å². The topological polar surface area (TPSA) is 88.2 Å². The summed E-state index contributed by atoms with van der Waals surface area (Å²) in [6.07, 6.45) is -0.408. The van der Waals surface area contributed by atoms with Crippen LogP contribution >= 0.6 is 0 Å². The second-order valence-corrected chi connectivity index (χ2v) is 6.10. The zero-order valence-corrected chi connectivity index (χ0v) is 14.4. The van der Waals surface area contributed by atoms with Gasteiger partial charge in [0.05, 0.1) is 12.2 Å². The molecular formula is C19H17N3O5. The Morgan fingerprint density at radius 1 is 1.07 bits per heavy atom. The van der Waals surface area contributed by atoms with Crippen LogP contribution in [0.5, 0.6) is 5.75 Å². The molecule has 0 unspecified atom stereocenters. The molecule has 4 rings (SSSR count). The van der Waals surface area contributed by atoms with E-state index in [4.69, 9.17) is 9.47 Å². The molecule has 0 spiro atoms. The van der Waals surface area contributed by atoms with E-state index in [0.717, 1.165) is 0 Å². The lowest BCUT2D eigenvalue weighted by molar-refractivity contribution is -0.123. The zero-order chi connectivity index (χ0) is 18.8. The number of rotatable bonds is 4. The van der Waals surface area contributed by atoms with Gasteiger partial charge >= 0.3 is 6.09 Å². The van der Waals surface area contributed by atoms with E-state index in [0.29, 0.717) is 36.0 Å². The van der Waals surface area contributed by atoms with Crippen LogP contribution in [-0.4, -0.2) is 44.2 Å². The molecule has 2 aromatic rings. The predicted octanol–water partition coefficient (Wildman–Crippen LogP) is 2.01. The van der Waals surface area contributed by atoms with E-state index >= 15 is 0 Å². The van der Waals surface area contributed by atoms with Crippen LogP contribution in [-0.2, 0) is 14.3 Å².